The lowest BCUT2D eigenvalue weighted by Crippen LogP contribution is -2.55. The van der Waals surface area contributed by atoms with E-state index in [1.807, 2.05) is 0 Å². The number of amides is 2. The van der Waals surface area contributed by atoms with Gasteiger partial charge in [0.15, 0.2) is 0 Å². The van der Waals surface area contributed by atoms with Gasteiger partial charge in [0.1, 0.15) is 6.04 Å². The van der Waals surface area contributed by atoms with E-state index in [0.717, 1.165) is 12.8 Å². The first-order valence-corrected chi connectivity index (χ1v) is 6.00. The minimum Gasteiger partial charge on any atom is -0.480 e. The molecule has 5 heteroatoms. The maximum Gasteiger partial charge on any atom is 0.326 e. The molecule has 0 aromatic carbocycles. The minimum atomic E-state index is -1.00. The second-order valence-electron chi connectivity index (χ2n) is 6.03. The average molecular weight is 242 g/mol. The molecule has 0 aliphatic heterocycles. The second-order valence-corrected chi connectivity index (χ2v) is 6.03. The summed E-state index contributed by atoms with van der Waals surface area (Å²) in [5, 5.41) is 14.4. The molecular weight excluding hydrogens is 220 g/mol. The molecule has 1 rings (SSSR count). The maximum atomic E-state index is 11.6. The molecule has 0 aromatic heterocycles. The van der Waals surface area contributed by atoms with Crippen molar-refractivity contribution in [2.75, 3.05) is 0 Å². The zero-order valence-corrected chi connectivity index (χ0v) is 10.9. The fourth-order valence-electron chi connectivity index (χ4n) is 2.03. The first-order chi connectivity index (χ1) is 7.70. The minimum absolute atomic E-state index is 0.194. The van der Waals surface area contributed by atoms with E-state index >= 15 is 0 Å². The Morgan fingerprint density at radius 1 is 1.29 bits per heavy atom. The van der Waals surface area contributed by atoms with Crippen LogP contribution in [-0.4, -0.2) is 29.2 Å². The van der Waals surface area contributed by atoms with Crippen LogP contribution in [0.5, 0.6) is 0 Å². The summed E-state index contributed by atoms with van der Waals surface area (Å²) in [6.45, 7) is 7.50. The van der Waals surface area contributed by atoms with Crippen LogP contribution in [0, 0.1) is 11.3 Å². The number of hydrogen-bond acceptors (Lipinski definition) is 2. The molecule has 0 bridgehead atoms. The molecule has 0 saturated heterocycles. The van der Waals surface area contributed by atoms with Gasteiger partial charge in [-0.05, 0) is 24.2 Å². The third-order valence-electron chi connectivity index (χ3n) is 3.10. The molecule has 1 aliphatic rings. The molecular formula is C12H22N2O3. The van der Waals surface area contributed by atoms with Gasteiger partial charge in [-0.3, -0.25) is 0 Å². The maximum absolute atomic E-state index is 11.6. The van der Waals surface area contributed by atoms with Gasteiger partial charge in [0.05, 0.1) is 0 Å². The van der Waals surface area contributed by atoms with Gasteiger partial charge in [0.2, 0.25) is 0 Å². The van der Waals surface area contributed by atoms with Crippen molar-refractivity contribution in [1.82, 2.24) is 10.6 Å². The standard InChI is InChI=1S/C12H22N2O3/c1-7-5-8(6-7)13-11(17)14-9(10(15)16)12(2,3)4/h7-9H,5-6H2,1-4H3,(H,15,16)(H2,13,14,17). The van der Waals surface area contributed by atoms with Crippen LogP contribution in [0.1, 0.15) is 40.5 Å². The van der Waals surface area contributed by atoms with Gasteiger partial charge in [-0.1, -0.05) is 27.7 Å². The quantitative estimate of drug-likeness (QED) is 0.703. The summed E-state index contributed by atoms with van der Waals surface area (Å²) in [5.41, 5.74) is -0.504. The van der Waals surface area contributed by atoms with Gasteiger partial charge < -0.3 is 15.7 Å². The predicted octanol–water partition coefficient (Wildman–Crippen LogP) is 1.58. The lowest BCUT2D eigenvalue weighted by molar-refractivity contribution is -0.141. The van der Waals surface area contributed by atoms with Crippen molar-refractivity contribution in [2.45, 2.75) is 52.6 Å². The van der Waals surface area contributed by atoms with Crippen LogP contribution in [0.25, 0.3) is 0 Å². The normalized spacial score (nSPS) is 25.6. The number of hydrogen-bond donors (Lipinski definition) is 3. The van der Waals surface area contributed by atoms with E-state index < -0.39 is 17.4 Å². The van der Waals surface area contributed by atoms with Gasteiger partial charge in [-0.2, -0.15) is 0 Å². The first-order valence-electron chi connectivity index (χ1n) is 6.00. The third kappa shape index (κ3) is 3.91. The Kier molecular flexibility index (Phi) is 4.01. The Bertz CT molecular complexity index is 303. The third-order valence-corrected chi connectivity index (χ3v) is 3.10. The SMILES string of the molecule is CC1CC(NC(=O)NC(C(=O)O)C(C)(C)C)C1. The number of nitrogens with one attached hydrogen (secondary N) is 2. The molecule has 1 saturated carbocycles. The van der Waals surface area contributed by atoms with Crippen LogP contribution >= 0.6 is 0 Å². The van der Waals surface area contributed by atoms with E-state index in [1.165, 1.54) is 0 Å². The molecule has 2 amide bonds. The Morgan fingerprint density at radius 2 is 1.82 bits per heavy atom. The molecule has 17 heavy (non-hydrogen) atoms. The highest BCUT2D eigenvalue weighted by atomic mass is 16.4. The first kappa shape index (κ1) is 13.8. The molecule has 0 spiro atoms. The van der Waals surface area contributed by atoms with Crippen LogP contribution in [0.2, 0.25) is 0 Å². The number of carboxylic acid groups (broad SMARTS) is 1. The molecule has 98 valence electrons. The van der Waals surface area contributed by atoms with Crippen molar-refractivity contribution in [1.29, 1.82) is 0 Å². The van der Waals surface area contributed by atoms with Gasteiger partial charge >= 0.3 is 12.0 Å². The molecule has 0 heterocycles. The van der Waals surface area contributed by atoms with E-state index in [4.69, 9.17) is 5.11 Å². The van der Waals surface area contributed by atoms with Crippen LogP contribution in [0.3, 0.4) is 0 Å². The number of urea groups is 1. The fourth-order valence-corrected chi connectivity index (χ4v) is 2.03. The highest BCUT2D eigenvalue weighted by Crippen LogP contribution is 2.26. The average Bonchev–Trinajstić information content (AvgIpc) is 2.09. The summed E-state index contributed by atoms with van der Waals surface area (Å²) in [5.74, 6) is -0.354. The van der Waals surface area contributed by atoms with Gasteiger partial charge in [0, 0.05) is 6.04 Å². The van der Waals surface area contributed by atoms with Crippen LogP contribution < -0.4 is 10.6 Å². The van der Waals surface area contributed by atoms with E-state index in [9.17, 15) is 9.59 Å². The van der Waals surface area contributed by atoms with E-state index in [1.54, 1.807) is 20.8 Å². The number of carbonyl (C=O) groups excluding carboxylic acids is 1. The highest BCUT2D eigenvalue weighted by Gasteiger charge is 2.34. The molecule has 0 aromatic rings. The summed E-state index contributed by atoms with van der Waals surface area (Å²) in [6, 6.07) is -1.07. The zero-order chi connectivity index (χ0) is 13.2. The molecule has 5 nitrogen and oxygen atoms in total. The van der Waals surface area contributed by atoms with Crippen molar-refractivity contribution in [3.8, 4) is 0 Å². The van der Waals surface area contributed by atoms with Gasteiger partial charge in [-0.15, -0.1) is 0 Å². The number of carbonyl (C=O) groups is 2. The second kappa shape index (κ2) is 4.94. The predicted molar refractivity (Wildman–Crippen MR) is 64.7 cm³/mol. The van der Waals surface area contributed by atoms with Crippen LogP contribution in [-0.2, 0) is 4.79 Å². The zero-order valence-electron chi connectivity index (χ0n) is 10.9. The van der Waals surface area contributed by atoms with Crippen LogP contribution in [0.4, 0.5) is 4.79 Å². The van der Waals surface area contributed by atoms with E-state index in [0.29, 0.717) is 5.92 Å². The van der Waals surface area contributed by atoms with E-state index in [2.05, 4.69) is 17.6 Å². The van der Waals surface area contributed by atoms with Crippen molar-refractivity contribution >= 4 is 12.0 Å². The molecule has 0 radical (unpaired) electrons. The number of rotatable bonds is 3. The van der Waals surface area contributed by atoms with Gasteiger partial charge in [-0.25, -0.2) is 9.59 Å². The van der Waals surface area contributed by atoms with Crippen molar-refractivity contribution in [3.05, 3.63) is 0 Å². The monoisotopic (exact) mass is 242 g/mol. The Balaban J connectivity index is 2.45. The summed E-state index contributed by atoms with van der Waals surface area (Å²) in [7, 11) is 0. The summed E-state index contributed by atoms with van der Waals surface area (Å²) < 4.78 is 0. The Labute approximate surface area is 102 Å². The van der Waals surface area contributed by atoms with Crippen molar-refractivity contribution in [3.63, 3.8) is 0 Å². The fraction of sp³-hybridized carbons (Fsp3) is 0.833. The van der Waals surface area contributed by atoms with Gasteiger partial charge in [0.25, 0.3) is 0 Å². The molecule has 1 atom stereocenters. The molecule has 1 fully saturated rings. The summed E-state index contributed by atoms with van der Waals surface area (Å²) in [4.78, 5) is 22.7. The van der Waals surface area contributed by atoms with E-state index in [-0.39, 0.29) is 12.1 Å². The molecule has 3 N–H and O–H groups in total. The van der Waals surface area contributed by atoms with Crippen molar-refractivity contribution < 1.29 is 14.7 Å². The molecule has 1 aliphatic carbocycles. The topological polar surface area (TPSA) is 78.4 Å². The lowest BCUT2D eigenvalue weighted by Gasteiger charge is -2.34. The molecule has 1 unspecified atom stereocenters. The highest BCUT2D eigenvalue weighted by molar-refractivity contribution is 5.83. The lowest BCUT2D eigenvalue weighted by atomic mass is 9.82. The summed E-state index contributed by atoms with van der Waals surface area (Å²) >= 11 is 0. The summed E-state index contributed by atoms with van der Waals surface area (Å²) in [6.07, 6.45) is 1.95. The largest absolute Gasteiger partial charge is 0.480 e. The number of carboxylic acids is 1. The van der Waals surface area contributed by atoms with Crippen LogP contribution in [0.15, 0.2) is 0 Å². The smallest absolute Gasteiger partial charge is 0.326 e. The Morgan fingerprint density at radius 3 is 2.18 bits per heavy atom. The number of aliphatic carboxylic acids is 1. The van der Waals surface area contributed by atoms with Crippen molar-refractivity contribution in [2.24, 2.45) is 11.3 Å². The Hall–Kier alpha value is -1.26.